The Kier molecular flexibility index (Phi) is 4.13. The summed E-state index contributed by atoms with van der Waals surface area (Å²) in [5.41, 5.74) is 2.04. The molecule has 0 fully saturated rings. The zero-order valence-corrected chi connectivity index (χ0v) is 13.8. The summed E-state index contributed by atoms with van der Waals surface area (Å²) < 4.78 is 27.9. The number of hydrogen-bond acceptors (Lipinski definition) is 4. The number of carbonyl (C=O) groups is 1. The van der Waals surface area contributed by atoms with E-state index < -0.39 is 10.0 Å². The first-order valence-electron chi connectivity index (χ1n) is 7.23. The molecule has 0 unspecified atom stereocenters. The van der Waals surface area contributed by atoms with Gasteiger partial charge in [0.2, 0.25) is 10.0 Å². The normalized spacial score (nSPS) is 11.6. The van der Waals surface area contributed by atoms with Crippen LogP contribution >= 0.6 is 0 Å². The Labute approximate surface area is 139 Å². The summed E-state index contributed by atoms with van der Waals surface area (Å²) in [5, 5.41) is 8.71. The predicted molar refractivity (Wildman–Crippen MR) is 89.9 cm³/mol. The number of primary sulfonamides is 1. The molecule has 0 bridgehead atoms. The largest absolute Gasteiger partial charge is 0.461 e. The Morgan fingerprint density at radius 2 is 1.83 bits per heavy atom. The molecule has 1 heterocycles. The van der Waals surface area contributed by atoms with Gasteiger partial charge in [0, 0.05) is 17.5 Å². The Hall–Kier alpha value is -2.64. The number of hydrogen-bond donors (Lipinski definition) is 2. The smallest absolute Gasteiger partial charge is 0.251 e. The molecule has 24 heavy (non-hydrogen) atoms. The maximum atomic E-state index is 12.2. The van der Waals surface area contributed by atoms with Gasteiger partial charge in [-0.1, -0.05) is 12.1 Å². The van der Waals surface area contributed by atoms with Crippen molar-refractivity contribution in [2.75, 3.05) is 0 Å². The van der Waals surface area contributed by atoms with Crippen LogP contribution < -0.4 is 10.5 Å². The van der Waals surface area contributed by atoms with Crippen molar-refractivity contribution >= 4 is 26.9 Å². The van der Waals surface area contributed by atoms with Gasteiger partial charge in [-0.3, -0.25) is 4.79 Å². The number of furan rings is 1. The second-order valence-corrected chi connectivity index (χ2v) is 7.04. The van der Waals surface area contributed by atoms with Crippen LogP contribution in [0.2, 0.25) is 0 Å². The van der Waals surface area contributed by atoms with Gasteiger partial charge in [0.05, 0.1) is 4.90 Å². The number of nitrogens with one attached hydrogen (secondary N) is 1. The fraction of sp³-hybridized carbons (Fsp3) is 0.118. The third-order valence-electron chi connectivity index (χ3n) is 3.61. The van der Waals surface area contributed by atoms with Gasteiger partial charge >= 0.3 is 0 Å². The van der Waals surface area contributed by atoms with E-state index in [0.717, 1.165) is 22.3 Å². The molecule has 0 atom stereocenters. The molecule has 0 saturated heterocycles. The molecule has 6 nitrogen and oxygen atoms in total. The first-order chi connectivity index (χ1) is 11.3. The second kappa shape index (κ2) is 6.10. The molecular formula is C17H16N2O4S. The summed E-state index contributed by atoms with van der Waals surface area (Å²) in [6.45, 7) is 2.14. The lowest BCUT2D eigenvalue weighted by molar-refractivity contribution is 0.0951. The standard InChI is InChI=1S/C17H16N2O4S/c1-11-8-14-9-13(4-7-16(14)23-11)17(20)19-10-12-2-5-15(6-3-12)24(18,21)22/h2-9H,10H2,1H3,(H,19,20)(H2,18,21,22). The van der Waals surface area contributed by atoms with E-state index in [-0.39, 0.29) is 17.3 Å². The fourth-order valence-corrected chi connectivity index (χ4v) is 2.91. The molecule has 124 valence electrons. The quantitative estimate of drug-likeness (QED) is 0.758. The molecule has 3 rings (SSSR count). The van der Waals surface area contributed by atoms with Crippen molar-refractivity contribution in [2.24, 2.45) is 5.14 Å². The Bertz CT molecular complexity index is 1000. The third-order valence-corrected chi connectivity index (χ3v) is 4.54. The average molecular weight is 344 g/mol. The van der Waals surface area contributed by atoms with E-state index in [1.165, 1.54) is 12.1 Å². The highest BCUT2D eigenvalue weighted by molar-refractivity contribution is 7.89. The van der Waals surface area contributed by atoms with Gasteiger partial charge in [0.1, 0.15) is 11.3 Å². The van der Waals surface area contributed by atoms with Crippen LogP contribution in [0.15, 0.2) is 57.8 Å². The molecule has 2 aromatic carbocycles. The number of fused-ring (bicyclic) bond motifs is 1. The monoisotopic (exact) mass is 344 g/mol. The number of carbonyl (C=O) groups excluding carboxylic acids is 1. The van der Waals surface area contributed by atoms with E-state index >= 15 is 0 Å². The number of nitrogens with two attached hydrogens (primary N) is 1. The van der Waals surface area contributed by atoms with Gasteiger partial charge < -0.3 is 9.73 Å². The average Bonchev–Trinajstić information content (AvgIpc) is 2.91. The highest BCUT2D eigenvalue weighted by Crippen LogP contribution is 2.20. The molecule has 0 aliphatic heterocycles. The summed E-state index contributed by atoms with van der Waals surface area (Å²) in [7, 11) is -3.71. The molecule has 0 spiro atoms. The SMILES string of the molecule is Cc1cc2cc(C(=O)NCc3ccc(S(N)(=O)=O)cc3)ccc2o1. The highest BCUT2D eigenvalue weighted by atomic mass is 32.2. The van der Waals surface area contributed by atoms with Crippen molar-refractivity contribution in [3.63, 3.8) is 0 Å². The lowest BCUT2D eigenvalue weighted by Crippen LogP contribution is -2.22. The lowest BCUT2D eigenvalue weighted by atomic mass is 10.1. The molecule has 1 aromatic heterocycles. The second-order valence-electron chi connectivity index (χ2n) is 5.48. The molecule has 7 heteroatoms. The molecule has 0 aliphatic carbocycles. The third kappa shape index (κ3) is 3.47. The zero-order valence-electron chi connectivity index (χ0n) is 12.9. The van der Waals surface area contributed by atoms with Gasteiger partial charge in [0.25, 0.3) is 5.91 Å². The number of benzene rings is 2. The van der Waals surface area contributed by atoms with Crippen LogP contribution in [0, 0.1) is 6.92 Å². The molecule has 3 N–H and O–H groups in total. The number of sulfonamides is 1. The van der Waals surface area contributed by atoms with Crippen LogP contribution in [0.25, 0.3) is 11.0 Å². The molecule has 0 saturated carbocycles. The van der Waals surface area contributed by atoms with Crippen LogP contribution in [-0.4, -0.2) is 14.3 Å². The van der Waals surface area contributed by atoms with E-state index in [1.54, 1.807) is 30.3 Å². The summed E-state index contributed by atoms with van der Waals surface area (Å²) in [4.78, 5) is 12.3. The van der Waals surface area contributed by atoms with Crippen LogP contribution in [0.1, 0.15) is 21.7 Å². The van der Waals surface area contributed by atoms with E-state index in [0.29, 0.717) is 5.56 Å². The van der Waals surface area contributed by atoms with Gasteiger partial charge in [-0.2, -0.15) is 0 Å². The Balaban J connectivity index is 1.70. The number of aryl methyl sites for hydroxylation is 1. The van der Waals surface area contributed by atoms with Crippen molar-refractivity contribution in [2.45, 2.75) is 18.4 Å². The van der Waals surface area contributed by atoms with Crippen LogP contribution in [-0.2, 0) is 16.6 Å². The number of amides is 1. The predicted octanol–water partition coefficient (Wildman–Crippen LogP) is 2.32. The van der Waals surface area contributed by atoms with Crippen molar-refractivity contribution in [3.05, 3.63) is 65.4 Å². The molecular weight excluding hydrogens is 328 g/mol. The molecule has 3 aromatic rings. The number of rotatable bonds is 4. The highest BCUT2D eigenvalue weighted by Gasteiger charge is 2.10. The Morgan fingerprint density at radius 1 is 1.12 bits per heavy atom. The van der Waals surface area contributed by atoms with Gasteiger partial charge in [0.15, 0.2) is 0 Å². The topological polar surface area (TPSA) is 102 Å². The molecule has 1 amide bonds. The zero-order chi connectivity index (χ0) is 17.3. The van der Waals surface area contributed by atoms with Gasteiger partial charge in [-0.05, 0) is 48.9 Å². The van der Waals surface area contributed by atoms with Crippen LogP contribution in [0.3, 0.4) is 0 Å². The van der Waals surface area contributed by atoms with Crippen molar-refractivity contribution in [3.8, 4) is 0 Å². The first-order valence-corrected chi connectivity index (χ1v) is 8.78. The van der Waals surface area contributed by atoms with Crippen LogP contribution in [0.4, 0.5) is 0 Å². The summed E-state index contributed by atoms with van der Waals surface area (Å²) in [5.74, 6) is 0.573. The minimum Gasteiger partial charge on any atom is -0.461 e. The maximum Gasteiger partial charge on any atom is 0.251 e. The van der Waals surface area contributed by atoms with Crippen molar-refractivity contribution in [1.29, 1.82) is 0 Å². The van der Waals surface area contributed by atoms with Crippen molar-refractivity contribution < 1.29 is 17.6 Å². The van der Waals surface area contributed by atoms with E-state index in [2.05, 4.69) is 5.32 Å². The van der Waals surface area contributed by atoms with E-state index in [4.69, 9.17) is 9.56 Å². The lowest BCUT2D eigenvalue weighted by Gasteiger charge is -2.06. The van der Waals surface area contributed by atoms with Gasteiger partial charge in [-0.25, -0.2) is 13.6 Å². The summed E-state index contributed by atoms with van der Waals surface area (Å²) in [6, 6.07) is 13.2. The minimum atomic E-state index is -3.71. The van der Waals surface area contributed by atoms with Crippen molar-refractivity contribution in [1.82, 2.24) is 5.32 Å². The van der Waals surface area contributed by atoms with Gasteiger partial charge in [-0.15, -0.1) is 0 Å². The fourth-order valence-electron chi connectivity index (χ4n) is 2.40. The minimum absolute atomic E-state index is 0.0401. The Morgan fingerprint density at radius 3 is 2.50 bits per heavy atom. The van der Waals surface area contributed by atoms with Crippen LogP contribution in [0.5, 0.6) is 0 Å². The summed E-state index contributed by atoms with van der Waals surface area (Å²) >= 11 is 0. The van der Waals surface area contributed by atoms with E-state index in [9.17, 15) is 13.2 Å². The van der Waals surface area contributed by atoms with E-state index in [1.807, 2.05) is 13.0 Å². The first kappa shape index (κ1) is 16.2. The molecule has 0 aliphatic rings. The molecule has 0 radical (unpaired) electrons. The summed E-state index contributed by atoms with van der Waals surface area (Å²) in [6.07, 6.45) is 0. The maximum absolute atomic E-state index is 12.2.